The van der Waals surface area contributed by atoms with Crippen LogP contribution in [0.4, 0.5) is 0 Å². The topological polar surface area (TPSA) is 56.6 Å². The van der Waals surface area contributed by atoms with Gasteiger partial charge in [0.15, 0.2) is 0 Å². The van der Waals surface area contributed by atoms with Crippen LogP contribution in [0.5, 0.6) is 5.75 Å². The Labute approximate surface area is 180 Å². The van der Waals surface area contributed by atoms with Crippen molar-refractivity contribution in [2.24, 2.45) is 0 Å². The Morgan fingerprint density at radius 2 is 1.87 bits per heavy atom. The molecule has 1 fully saturated rings. The third-order valence-corrected chi connectivity index (χ3v) is 5.32. The summed E-state index contributed by atoms with van der Waals surface area (Å²) in [5, 5.41) is 0.577. The first kappa shape index (κ1) is 20.6. The number of aromatic nitrogens is 2. The Morgan fingerprint density at radius 3 is 2.57 bits per heavy atom. The highest BCUT2D eigenvalue weighted by molar-refractivity contribution is 6.30. The summed E-state index contributed by atoms with van der Waals surface area (Å²) in [6, 6.07) is 15.0. The van der Waals surface area contributed by atoms with Crippen molar-refractivity contribution in [1.82, 2.24) is 14.5 Å². The molecule has 0 aliphatic carbocycles. The van der Waals surface area contributed by atoms with Gasteiger partial charge in [-0.15, -0.1) is 0 Å². The zero-order valence-electron chi connectivity index (χ0n) is 16.7. The summed E-state index contributed by atoms with van der Waals surface area (Å²) < 4.78 is 12.7. The van der Waals surface area contributed by atoms with E-state index in [1.54, 1.807) is 35.2 Å². The molecule has 0 spiro atoms. The Hall–Kier alpha value is -2.67. The van der Waals surface area contributed by atoms with Gasteiger partial charge in [0.1, 0.15) is 12.4 Å². The second-order valence-corrected chi connectivity index (χ2v) is 7.63. The Balaban J connectivity index is 1.36. The summed E-state index contributed by atoms with van der Waals surface area (Å²) in [5.41, 5.74) is 2.70. The molecular weight excluding hydrogens is 402 g/mol. The maximum atomic E-state index is 12.5. The normalized spacial score (nSPS) is 14.6. The number of nitrogens with zero attached hydrogens (tertiary/aromatic N) is 3. The minimum absolute atomic E-state index is 0.141. The highest BCUT2D eigenvalue weighted by Gasteiger charge is 2.10. The van der Waals surface area contributed by atoms with E-state index >= 15 is 0 Å². The first-order valence-corrected chi connectivity index (χ1v) is 10.4. The molecule has 1 aromatic carbocycles. The standard InChI is InChI=1S/C23H24ClN3O3/c24-19-3-4-20(25-16-19)17-30-22-8-10-27(23(28)15-22)21-5-1-18(2-6-21)7-9-26-11-13-29-14-12-26/h1-6,8,10,15-16H,7,9,11-14,17H2. The number of benzene rings is 1. The molecule has 3 heterocycles. The molecule has 1 aliphatic heterocycles. The van der Waals surface area contributed by atoms with Gasteiger partial charge < -0.3 is 9.47 Å². The van der Waals surface area contributed by atoms with Gasteiger partial charge in [0.25, 0.3) is 5.56 Å². The van der Waals surface area contributed by atoms with Crippen molar-refractivity contribution in [2.45, 2.75) is 13.0 Å². The zero-order valence-corrected chi connectivity index (χ0v) is 17.4. The molecule has 7 heteroatoms. The summed E-state index contributed by atoms with van der Waals surface area (Å²) >= 11 is 5.83. The summed E-state index contributed by atoms with van der Waals surface area (Å²) in [6.07, 6.45) is 4.29. The minimum atomic E-state index is -0.141. The van der Waals surface area contributed by atoms with E-state index in [1.165, 1.54) is 11.6 Å². The molecule has 0 saturated carbocycles. The molecule has 0 bridgehead atoms. The van der Waals surface area contributed by atoms with E-state index in [2.05, 4.69) is 22.0 Å². The highest BCUT2D eigenvalue weighted by Crippen LogP contribution is 2.14. The van der Waals surface area contributed by atoms with Crippen LogP contribution in [0.15, 0.2) is 65.7 Å². The van der Waals surface area contributed by atoms with Gasteiger partial charge in [0, 0.05) is 43.8 Å². The fourth-order valence-corrected chi connectivity index (χ4v) is 3.46. The van der Waals surface area contributed by atoms with Crippen LogP contribution in [0.1, 0.15) is 11.3 Å². The monoisotopic (exact) mass is 425 g/mol. The van der Waals surface area contributed by atoms with E-state index in [0.717, 1.165) is 50.7 Å². The number of rotatable bonds is 7. The average molecular weight is 426 g/mol. The van der Waals surface area contributed by atoms with Gasteiger partial charge in [-0.05, 0) is 42.3 Å². The van der Waals surface area contributed by atoms with Crippen LogP contribution in [0.3, 0.4) is 0 Å². The molecule has 0 radical (unpaired) electrons. The van der Waals surface area contributed by atoms with Crippen molar-refractivity contribution in [2.75, 3.05) is 32.8 Å². The largest absolute Gasteiger partial charge is 0.487 e. The van der Waals surface area contributed by atoms with Gasteiger partial charge in [-0.3, -0.25) is 19.2 Å². The van der Waals surface area contributed by atoms with Crippen LogP contribution in [-0.2, 0) is 17.8 Å². The van der Waals surface area contributed by atoms with E-state index in [0.29, 0.717) is 10.8 Å². The first-order chi connectivity index (χ1) is 14.7. The van der Waals surface area contributed by atoms with Gasteiger partial charge in [-0.25, -0.2) is 0 Å². The molecule has 4 rings (SSSR count). The van der Waals surface area contributed by atoms with E-state index < -0.39 is 0 Å². The molecular formula is C23H24ClN3O3. The number of ether oxygens (including phenoxy) is 2. The summed E-state index contributed by atoms with van der Waals surface area (Å²) in [4.78, 5) is 19.1. The Bertz CT molecular complexity index is 1010. The Kier molecular flexibility index (Phi) is 6.79. The lowest BCUT2D eigenvalue weighted by Crippen LogP contribution is -2.37. The van der Waals surface area contributed by atoms with Crippen molar-refractivity contribution < 1.29 is 9.47 Å². The number of hydrogen-bond donors (Lipinski definition) is 0. The third-order valence-electron chi connectivity index (χ3n) is 5.10. The molecule has 2 aromatic heterocycles. The maximum Gasteiger partial charge on any atom is 0.258 e. The van der Waals surface area contributed by atoms with Crippen LogP contribution < -0.4 is 10.3 Å². The molecule has 0 amide bonds. The number of morpholine rings is 1. The molecule has 0 N–H and O–H groups in total. The van der Waals surface area contributed by atoms with E-state index in [4.69, 9.17) is 21.1 Å². The first-order valence-electron chi connectivity index (χ1n) is 10.0. The fourth-order valence-electron chi connectivity index (χ4n) is 3.35. The van der Waals surface area contributed by atoms with Gasteiger partial charge in [-0.1, -0.05) is 23.7 Å². The predicted molar refractivity (Wildman–Crippen MR) is 117 cm³/mol. The molecule has 6 nitrogen and oxygen atoms in total. The average Bonchev–Trinajstić information content (AvgIpc) is 2.79. The molecule has 1 saturated heterocycles. The van der Waals surface area contributed by atoms with Gasteiger partial charge in [0.05, 0.1) is 23.9 Å². The number of pyridine rings is 2. The van der Waals surface area contributed by atoms with E-state index in [1.807, 2.05) is 12.1 Å². The molecule has 0 atom stereocenters. The number of halogens is 1. The molecule has 1 aliphatic rings. The summed E-state index contributed by atoms with van der Waals surface area (Å²) in [7, 11) is 0. The SMILES string of the molecule is O=c1cc(OCc2ccc(Cl)cn2)ccn1-c1ccc(CCN2CCOCC2)cc1. The second-order valence-electron chi connectivity index (χ2n) is 7.20. The van der Waals surface area contributed by atoms with Crippen LogP contribution in [-0.4, -0.2) is 47.3 Å². The lowest BCUT2D eigenvalue weighted by atomic mass is 10.1. The smallest absolute Gasteiger partial charge is 0.258 e. The summed E-state index contributed by atoms with van der Waals surface area (Å²) in [5.74, 6) is 0.509. The molecule has 30 heavy (non-hydrogen) atoms. The maximum absolute atomic E-state index is 12.5. The van der Waals surface area contributed by atoms with Crippen LogP contribution in [0.25, 0.3) is 5.69 Å². The molecule has 0 unspecified atom stereocenters. The third kappa shape index (κ3) is 5.48. The van der Waals surface area contributed by atoms with Crippen molar-refractivity contribution in [3.8, 4) is 11.4 Å². The Morgan fingerprint density at radius 1 is 1.07 bits per heavy atom. The van der Waals surface area contributed by atoms with Gasteiger partial charge >= 0.3 is 0 Å². The fraction of sp³-hybridized carbons (Fsp3) is 0.304. The molecule has 156 valence electrons. The van der Waals surface area contributed by atoms with Gasteiger partial charge in [-0.2, -0.15) is 0 Å². The van der Waals surface area contributed by atoms with Crippen molar-refractivity contribution >= 4 is 11.6 Å². The van der Waals surface area contributed by atoms with Crippen molar-refractivity contribution in [3.63, 3.8) is 0 Å². The van der Waals surface area contributed by atoms with Crippen molar-refractivity contribution in [3.05, 3.63) is 87.6 Å². The molecule has 3 aromatic rings. The van der Waals surface area contributed by atoms with Crippen LogP contribution in [0, 0.1) is 0 Å². The lowest BCUT2D eigenvalue weighted by Gasteiger charge is -2.26. The van der Waals surface area contributed by atoms with E-state index in [-0.39, 0.29) is 12.2 Å². The predicted octanol–water partition coefficient (Wildman–Crippen LogP) is 3.34. The number of hydrogen-bond acceptors (Lipinski definition) is 5. The quantitative estimate of drug-likeness (QED) is 0.581. The van der Waals surface area contributed by atoms with Crippen molar-refractivity contribution in [1.29, 1.82) is 0 Å². The second kappa shape index (κ2) is 9.89. The summed E-state index contributed by atoms with van der Waals surface area (Å²) in [6.45, 7) is 4.93. The van der Waals surface area contributed by atoms with Gasteiger partial charge in [0.2, 0.25) is 0 Å². The highest BCUT2D eigenvalue weighted by atomic mass is 35.5. The van der Waals surface area contributed by atoms with Crippen LogP contribution >= 0.6 is 11.6 Å². The van der Waals surface area contributed by atoms with Crippen LogP contribution in [0.2, 0.25) is 5.02 Å². The van der Waals surface area contributed by atoms with E-state index in [9.17, 15) is 4.79 Å². The lowest BCUT2D eigenvalue weighted by molar-refractivity contribution is 0.0384. The zero-order chi connectivity index (χ0) is 20.8. The minimum Gasteiger partial charge on any atom is -0.487 e.